The van der Waals surface area contributed by atoms with E-state index in [-0.39, 0.29) is 12.5 Å². The molecule has 1 saturated heterocycles. The maximum atomic E-state index is 12.2. The molecule has 0 radical (unpaired) electrons. The average molecular weight is 413 g/mol. The quantitative estimate of drug-likeness (QED) is 0.640. The lowest BCUT2D eigenvalue weighted by atomic mass is 9.96. The van der Waals surface area contributed by atoms with Crippen molar-refractivity contribution in [2.45, 2.75) is 18.8 Å². The Balaban J connectivity index is 1.26. The molecule has 0 spiro atoms. The second-order valence-corrected chi connectivity index (χ2v) is 7.43. The Morgan fingerprint density at radius 1 is 1.03 bits per heavy atom. The Morgan fingerprint density at radius 3 is 2.59 bits per heavy atom. The van der Waals surface area contributed by atoms with E-state index in [9.17, 15) is 9.59 Å². The predicted molar refractivity (Wildman–Crippen MR) is 108 cm³/mol. The van der Waals surface area contributed by atoms with Gasteiger partial charge in [0.15, 0.2) is 5.65 Å². The van der Waals surface area contributed by atoms with Crippen molar-refractivity contribution in [1.82, 2.24) is 30.3 Å². The fourth-order valence-electron chi connectivity index (χ4n) is 3.57. The molecule has 0 saturated carbocycles. The van der Waals surface area contributed by atoms with E-state index >= 15 is 0 Å². The van der Waals surface area contributed by atoms with E-state index in [4.69, 9.17) is 11.6 Å². The highest BCUT2D eigenvalue weighted by atomic mass is 35.5. The minimum atomic E-state index is -0.443. The van der Waals surface area contributed by atoms with Crippen LogP contribution in [0.1, 0.15) is 34.9 Å². The standard InChI is InChI=1S/C20H21ClN6O2/c21-16-6-2-1-5-15(16)20(29)25-23-18(28)13-26-11-8-14(9-12-26)19-24-22-17-7-3-4-10-27(17)19/h1-7,10,14H,8-9,11-13H2,(H,23,28)(H,25,29). The van der Waals surface area contributed by atoms with Crippen LogP contribution in [0.25, 0.3) is 5.65 Å². The molecule has 0 atom stereocenters. The smallest absolute Gasteiger partial charge is 0.271 e. The van der Waals surface area contributed by atoms with Gasteiger partial charge in [-0.05, 0) is 50.2 Å². The summed E-state index contributed by atoms with van der Waals surface area (Å²) in [6, 6.07) is 12.5. The highest BCUT2D eigenvalue weighted by Gasteiger charge is 2.25. The van der Waals surface area contributed by atoms with Crippen LogP contribution in [-0.2, 0) is 4.79 Å². The molecule has 2 aromatic heterocycles. The number of amides is 2. The number of pyridine rings is 1. The summed E-state index contributed by atoms with van der Waals surface area (Å²) in [5.74, 6) is 0.571. The summed E-state index contributed by atoms with van der Waals surface area (Å²) in [6.07, 6.45) is 3.77. The summed E-state index contributed by atoms with van der Waals surface area (Å²) < 4.78 is 2.03. The zero-order valence-electron chi connectivity index (χ0n) is 15.7. The first kappa shape index (κ1) is 19.4. The molecule has 2 N–H and O–H groups in total. The number of carbonyl (C=O) groups is 2. The van der Waals surface area contributed by atoms with Gasteiger partial charge in [-0.1, -0.05) is 29.8 Å². The highest BCUT2D eigenvalue weighted by Crippen LogP contribution is 2.26. The Kier molecular flexibility index (Phi) is 5.73. The molecule has 9 heteroatoms. The monoisotopic (exact) mass is 412 g/mol. The molecule has 2 amide bonds. The number of rotatable bonds is 4. The lowest BCUT2D eigenvalue weighted by Gasteiger charge is -2.30. The van der Waals surface area contributed by atoms with Gasteiger partial charge in [0.1, 0.15) is 5.82 Å². The first-order valence-electron chi connectivity index (χ1n) is 9.47. The van der Waals surface area contributed by atoms with Gasteiger partial charge < -0.3 is 0 Å². The van der Waals surface area contributed by atoms with Crippen LogP contribution in [0.3, 0.4) is 0 Å². The molecule has 3 aromatic rings. The second-order valence-electron chi connectivity index (χ2n) is 7.02. The molecule has 4 rings (SSSR count). The Morgan fingerprint density at radius 2 is 1.79 bits per heavy atom. The molecule has 8 nitrogen and oxygen atoms in total. The average Bonchev–Trinajstić information content (AvgIpc) is 3.17. The Hall–Kier alpha value is -2.97. The van der Waals surface area contributed by atoms with Crippen LogP contribution < -0.4 is 10.9 Å². The zero-order valence-corrected chi connectivity index (χ0v) is 16.5. The molecule has 3 heterocycles. The van der Waals surface area contributed by atoms with Crippen molar-refractivity contribution in [2.24, 2.45) is 0 Å². The van der Waals surface area contributed by atoms with Gasteiger partial charge in [0.2, 0.25) is 0 Å². The third kappa shape index (κ3) is 4.38. The van der Waals surface area contributed by atoms with Crippen molar-refractivity contribution in [2.75, 3.05) is 19.6 Å². The first-order chi connectivity index (χ1) is 14.1. The molecule has 1 aromatic carbocycles. The molecular weight excluding hydrogens is 392 g/mol. The van der Waals surface area contributed by atoms with Gasteiger partial charge >= 0.3 is 0 Å². The van der Waals surface area contributed by atoms with Gasteiger partial charge in [-0.25, -0.2) is 0 Å². The predicted octanol–water partition coefficient (Wildman–Crippen LogP) is 2.02. The van der Waals surface area contributed by atoms with E-state index in [0.29, 0.717) is 16.5 Å². The second kappa shape index (κ2) is 8.59. The number of hydrogen-bond acceptors (Lipinski definition) is 5. The van der Waals surface area contributed by atoms with E-state index < -0.39 is 5.91 Å². The molecule has 1 fully saturated rings. The molecular formula is C20H21ClN6O2. The third-order valence-electron chi connectivity index (χ3n) is 5.09. The number of nitrogens with zero attached hydrogens (tertiary/aromatic N) is 4. The number of hydrogen-bond donors (Lipinski definition) is 2. The molecule has 29 heavy (non-hydrogen) atoms. The number of likely N-dealkylation sites (tertiary alicyclic amines) is 1. The summed E-state index contributed by atoms with van der Waals surface area (Å²) >= 11 is 5.99. The lowest BCUT2D eigenvalue weighted by Crippen LogP contribution is -2.47. The van der Waals surface area contributed by atoms with E-state index in [0.717, 1.165) is 37.4 Å². The van der Waals surface area contributed by atoms with E-state index in [1.54, 1.807) is 24.3 Å². The first-order valence-corrected chi connectivity index (χ1v) is 9.85. The fraction of sp³-hybridized carbons (Fsp3) is 0.300. The molecule has 0 bridgehead atoms. The lowest BCUT2D eigenvalue weighted by molar-refractivity contribution is -0.123. The van der Waals surface area contributed by atoms with Crippen LogP contribution in [0.15, 0.2) is 48.7 Å². The maximum Gasteiger partial charge on any atom is 0.271 e. The number of halogens is 1. The number of piperidine rings is 1. The Labute approximate surface area is 172 Å². The number of carbonyl (C=O) groups excluding carboxylic acids is 2. The fourth-order valence-corrected chi connectivity index (χ4v) is 3.79. The van der Waals surface area contributed by atoms with Crippen molar-refractivity contribution in [3.8, 4) is 0 Å². The zero-order chi connectivity index (χ0) is 20.2. The topological polar surface area (TPSA) is 91.6 Å². The molecule has 150 valence electrons. The normalized spacial score (nSPS) is 15.3. The van der Waals surface area contributed by atoms with Crippen molar-refractivity contribution in [3.63, 3.8) is 0 Å². The van der Waals surface area contributed by atoms with E-state index in [1.807, 2.05) is 28.8 Å². The van der Waals surface area contributed by atoms with Crippen LogP contribution in [0.2, 0.25) is 5.02 Å². The van der Waals surface area contributed by atoms with E-state index in [2.05, 4.69) is 25.9 Å². The van der Waals surface area contributed by atoms with E-state index in [1.165, 1.54) is 0 Å². The summed E-state index contributed by atoms with van der Waals surface area (Å²) in [4.78, 5) is 26.4. The van der Waals surface area contributed by atoms with Crippen LogP contribution in [-0.4, -0.2) is 50.9 Å². The summed E-state index contributed by atoms with van der Waals surface area (Å²) in [6.45, 7) is 1.77. The third-order valence-corrected chi connectivity index (χ3v) is 5.42. The van der Waals surface area contributed by atoms with Gasteiger partial charge in [-0.2, -0.15) is 0 Å². The van der Waals surface area contributed by atoms with Crippen molar-refractivity contribution in [3.05, 3.63) is 65.1 Å². The van der Waals surface area contributed by atoms with Crippen LogP contribution in [0.4, 0.5) is 0 Å². The van der Waals surface area contributed by atoms with Gasteiger partial charge in [-0.3, -0.25) is 29.7 Å². The van der Waals surface area contributed by atoms with Crippen molar-refractivity contribution < 1.29 is 9.59 Å². The summed E-state index contributed by atoms with van der Waals surface area (Å²) in [7, 11) is 0. The van der Waals surface area contributed by atoms with Gasteiger partial charge in [-0.15, -0.1) is 10.2 Å². The number of hydrazine groups is 1. The molecule has 1 aliphatic heterocycles. The largest absolute Gasteiger partial charge is 0.294 e. The molecule has 0 aliphatic carbocycles. The van der Waals surface area contributed by atoms with Crippen molar-refractivity contribution in [1.29, 1.82) is 0 Å². The van der Waals surface area contributed by atoms with Gasteiger partial charge in [0, 0.05) is 12.1 Å². The van der Waals surface area contributed by atoms with Gasteiger partial charge in [0.05, 0.1) is 17.1 Å². The number of nitrogens with one attached hydrogen (secondary N) is 2. The summed E-state index contributed by atoms with van der Waals surface area (Å²) in [5, 5.41) is 8.90. The maximum absolute atomic E-state index is 12.2. The van der Waals surface area contributed by atoms with Gasteiger partial charge in [0.25, 0.3) is 11.8 Å². The number of benzene rings is 1. The van der Waals surface area contributed by atoms with Crippen LogP contribution >= 0.6 is 11.6 Å². The summed E-state index contributed by atoms with van der Waals surface area (Å²) in [5.41, 5.74) is 6.02. The minimum Gasteiger partial charge on any atom is -0.294 e. The molecule has 1 aliphatic rings. The minimum absolute atomic E-state index is 0.218. The Bertz CT molecular complexity index is 1030. The van der Waals surface area contributed by atoms with Crippen LogP contribution in [0.5, 0.6) is 0 Å². The van der Waals surface area contributed by atoms with Crippen molar-refractivity contribution >= 4 is 29.1 Å². The number of aromatic nitrogens is 3. The van der Waals surface area contributed by atoms with Crippen LogP contribution in [0, 0.1) is 0 Å². The highest BCUT2D eigenvalue weighted by molar-refractivity contribution is 6.33. The number of fused-ring (bicyclic) bond motifs is 1. The SMILES string of the molecule is O=C(CN1CCC(c2nnc3ccccn23)CC1)NNC(=O)c1ccccc1Cl. The molecule has 0 unspecified atom stereocenters.